The molecule has 0 saturated heterocycles. The molecule has 24 heavy (non-hydrogen) atoms. The summed E-state index contributed by atoms with van der Waals surface area (Å²) in [5, 5.41) is 2.94. The molecule has 0 fully saturated rings. The van der Waals surface area contributed by atoms with E-state index in [9.17, 15) is 4.79 Å². The maximum Gasteiger partial charge on any atom is 0.255 e. The summed E-state index contributed by atoms with van der Waals surface area (Å²) < 4.78 is 5.40. The van der Waals surface area contributed by atoms with Gasteiger partial charge in [-0.15, -0.1) is 0 Å². The third kappa shape index (κ3) is 4.51. The van der Waals surface area contributed by atoms with Crippen LogP contribution in [0.4, 0.5) is 11.4 Å². The second-order valence-electron chi connectivity index (χ2n) is 6.52. The van der Waals surface area contributed by atoms with E-state index in [-0.39, 0.29) is 5.91 Å². The van der Waals surface area contributed by atoms with Gasteiger partial charge in [-0.05, 0) is 60.4 Å². The molecule has 4 heteroatoms. The van der Waals surface area contributed by atoms with Crippen LogP contribution < -0.4 is 15.0 Å². The van der Waals surface area contributed by atoms with Gasteiger partial charge < -0.3 is 15.0 Å². The predicted molar refractivity (Wildman–Crippen MR) is 100 cm³/mol. The van der Waals surface area contributed by atoms with E-state index in [4.69, 9.17) is 4.74 Å². The van der Waals surface area contributed by atoms with Gasteiger partial charge in [0.1, 0.15) is 5.75 Å². The van der Waals surface area contributed by atoms with Crippen molar-refractivity contribution in [1.29, 1.82) is 0 Å². The molecule has 0 aliphatic carbocycles. The number of carbonyl (C=O) groups excluding carboxylic acids is 1. The summed E-state index contributed by atoms with van der Waals surface area (Å²) in [6, 6.07) is 13.4. The van der Waals surface area contributed by atoms with Crippen LogP contribution in [0.5, 0.6) is 5.75 Å². The van der Waals surface area contributed by atoms with Crippen LogP contribution in [0.3, 0.4) is 0 Å². The van der Waals surface area contributed by atoms with Gasteiger partial charge in [0.25, 0.3) is 5.91 Å². The lowest BCUT2D eigenvalue weighted by Gasteiger charge is -2.14. The van der Waals surface area contributed by atoms with Gasteiger partial charge in [0.05, 0.1) is 7.11 Å². The van der Waals surface area contributed by atoms with Gasteiger partial charge in [0, 0.05) is 31.0 Å². The average Bonchev–Trinajstić information content (AvgIpc) is 2.54. The number of nitrogens with zero attached hydrogens (tertiary/aromatic N) is 1. The van der Waals surface area contributed by atoms with Crippen LogP contribution in [0.2, 0.25) is 0 Å². The Morgan fingerprint density at radius 2 is 1.79 bits per heavy atom. The molecule has 0 unspecified atom stereocenters. The standard InChI is InChI=1S/C20H26N2O2/c1-14(2)12-16-13-15(6-11-19(16)24-5)20(23)21-17-7-9-18(10-8-17)22(3)4/h6-11,13-14H,12H2,1-5H3,(H,21,23). The highest BCUT2D eigenvalue weighted by Crippen LogP contribution is 2.24. The molecule has 0 radical (unpaired) electrons. The number of nitrogens with one attached hydrogen (secondary N) is 1. The van der Waals surface area contributed by atoms with Crippen molar-refractivity contribution in [2.75, 3.05) is 31.4 Å². The molecule has 0 aliphatic rings. The number of anilines is 2. The lowest BCUT2D eigenvalue weighted by molar-refractivity contribution is 0.102. The highest BCUT2D eigenvalue weighted by molar-refractivity contribution is 6.04. The van der Waals surface area contributed by atoms with Crippen LogP contribution in [0.1, 0.15) is 29.8 Å². The van der Waals surface area contributed by atoms with E-state index in [1.807, 2.05) is 55.4 Å². The Morgan fingerprint density at radius 3 is 2.33 bits per heavy atom. The first-order valence-electron chi connectivity index (χ1n) is 8.16. The Hall–Kier alpha value is -2.49. The molecule has 0 aromatic heterocycles. The van der Waals surface area contributed by atoms with Gasteiger partial charge >= 0.3 is 0 Å². The van der Waals surface area contributed by atoms with Gasteiger partial charge in [-0.25, -0.2) is 0 Å². The van der Waals surface area contributed by atoms with Crippen LogP contribution in [-0.4, -0.2) is 27.1 Å². The molecule has 128 valence electrons. The molecule has 0 aliphatic heterocycles. The second-order valence-corrected chi connectivity index (χ2v) is 6.52. The summed E-state index contributed by atoms with van der Waals surface area (Å²) in [4.78, 5) is 14.5. The van der Waals surface area contributed by atoms with Crippen LogP contribution in [-0.2, 0) is 6.42 Å². The molecule has 0 heterocycles. The Morgan fingerprint density at radius 1 is 1.12 bits per heavy atom. The number of amides is 1. The normalized spacial score (nSPS) is 10.6. The third-order valence-electron chi connectivity index (χ3n) is 3.81. The smallest absolute Gasteiger partial charge is 0.255 e. The van der Waals surface area contributed by atoms with Gasteiger partial charge in [-0.2, -0.15) is 0 Å². The molecule has 2 aromatic rings. The van der Waals surface area contributed by atoms with E-state index >= 15 is 0 Å². The molecule has 1 amide bonds. The zero-order valence-corrected chi connectivity index (χ0v) is 15.1. The van der Waals surface area contributed by atoms with E-state index in [1.165, 1.54) is 0 Å². The topological polar surface area (TPSA) is 41.6 Å². The third-order valence-corrected chi connectivity index (χ3v) is 3.81. The van der Waals surface area contributed by atoms with Gasteiger partial charge in [0.15, 0.2) is 0 Å². The molecule has 0 atom stereocenters. The van der Waals surface area contributed by atoms with Crippen molar-refractivity contribution in [2.45, 2.75) is 20.3 Å². The fourth-order valence-corrected chi connectivity index (χ4v) is 2.57. The lowest BCUT2D eigenvalue weighted by atomic mass is 9.99. The summed E-state index contributed by atoms with van der Waals surface area (Å²) in [5.41, 5.74) is 3.58. The van der Waals surface area contributed by atoms with E-state index in [2.05, 4.69) is 19.2 Å². The van der Waals surface area contributed by atoms with Crippen molar-refractivity contribution >= 4 is 17.3 Å². The van der Waals surface area contributed by atoms with E-state index in [0.29, 0.717) is 11.5 Å². The van der Waals surface area contributed by atoms with E-state index in [0.717, 1.165) is 29.1 Å². The minimum atomic E-state index is -0.111. The first kappa shape index (κ1) is 17.9. The highest BCUT2D eigenvalue weighted by atomic mass is 16.5. The van der Waals surface area contributed by atoms with Crippen LogP contribution >= 0.6 is 0 Å². The molecule has 2 aromatic carbocycles. The first-order valence-corrected chi connectivity index (χ1v) is 8.16. The van der Waals surface area contributed by atoms with Crippen molar-refractivity contribution in [1.82, 2.24) is 0 Å². The summed E-state index contributed by atoms with van der Waals surface area (Å²) in [7, 11) is 5.63. The maximum absolute atomic E-state index is 12.5. The fourth-order valence-electron chi connectivity index (χ4n) is 2.57. The number of ether oxygens (including phenoxy) is 1. The molecular weight excluding hydrogens is 300 g/mol. The summed E-state index contributed by atoms with van der Waals surface area (Å²) in [6.45, 7) is 4.30. The molecule has 4 nitrogen and oxygen atoms in total. The minimum Gasteiger partial charge on any atom is -0.496 e. The Bertz CT molecular complexity index is 691. The summed E-state index contributed by atoms with van der Waals surface area (Å²) in [5.74, 6) is 1.21. The Labute approximate surface area is 144 Å². The molecule has 0 spiro atoms. The molecule has 0 bridgehead atoms. The van der Waals surface area contributed by atoms with Crippen LogP contribution in [0.25, 0.3) is 0 Å². The lowest BCUT2D eigenvalue weighted by Crippen LogP contribution is -2.13. The maximum atomic E-state index is 12.5. The predicted octanol–water partition coefficient (Wildman–Crippen LogP) is 4.21. The van der Waals surface area contributed by atoms with Crippen molar-refractivity contribution < 1.29 is 9.53 Å². The Kier molecular flexibility index (Phi) is 5.85. The Balaban J connectivity index is 2.17. The highest BCUT2D eigenvalue weighted by Gasteiger charge is 2.12. The molecule has 0 saturated carbocycles. The number of rotatable bonds is 6. The van der Waals surface area contributed by atoms with Gasteiger partial charge in [-0.1, -0.05) is 13.8 Å². The van der Waals surface area contributed by atoms with Crippen molar-refractivity contribution in [3.05, 3.63) is 53.6 Å². The quantitative estimate of drug-likeness (QED) is 0.864. The van der Waals surface area contributed by atoms with Crippen molar-refractivity contribution in [3.8, 4) is 5.75 Å². The number of carbonyl (C=O) groups is 1. The number of benzene rings is 2. The number of hydrogen-bond donors (Lipinski definition) is 1. The molecule has 2 rings (SSSR count). The van der Waals surface area contributed by atoms with E-state index < -0.39 is 0 Å². The average molecular weight is 326 g/mol. The number of hydrogen-bond acceptors (Lipinski definition) is 3. The van der Waals surface area contributed by atoms with Crippen molar-refractivity contribution in [2.24, 2.45) is 5.92 Å². The largest absolute Gasteiger partial charge is 0.496 e. The van der Waals surface area contributed by atoms with Crippen LogP contribution in [0, 0.1) is 5.92 Å². The van der Waals surface area contributed by atoms with Gasteiger partial charge in [-0.3, -0.25) is 4.79 Å². The zero-order valence-electron chi connectivity index (χ0n) is 15.1. The first-order chi connectivity index (χ1) is 11.4. The SMILES string of the molecule is COc1ccc(C(=O)Nc2ccc(N(C)C)cc2)cc1CC(C)C. The van der Waals surface area contributed by atoms with Crippen molar-refractivity contribution in [3.63, 3.8) is 0 Å². The molecule has 1 N–H and O–H groups in total. The summed E-state index contributed by atoms with van der Waals surface area (Å²) in [6.07, 6.45) is 0.877. The fraction of sp³-hybridized carbons (Fsp3) is 0.350. The van der Waals surface area contributed by atoms with Gasteiger partial charge in [0.2, 0.25) is 0 Å². The van der Waals surface area contributed by atoms with Crippen LogP contribution in [0.15, 0.2) is 42.5 Å². The second kappa shape index (κ2) is 7.86. The monoisotopic (exact) mass is 326 g/mol. The number of methoxy groups -OCH3 is 1. The molecular formula is C20H26N2O2. The minimum absolute atomic E-state index is 0.111. The summed E-state index contributed by atoms with van der Waals surface area (Å²) >= 11 is 0. The zero-order chi connectivity index (χ0) is 17.7. The van der Waals surface area contributed by atoms with E-state index in [1.54, 1.807) is 13.2 Å².